The maximum absolute atomic E-state index is 12.2. The van der Waals surface area contributed by atoms with E-state index in [1.54, 1.807) is 31.4 Å². The van der Waals surface area contributed by atoms with E-state index in [2.05, 4.69) is 26.0 Å². The van der Waals surface area contributed by atoms with Crippen LogP contribution < -0.4 is 21.3 Å². The second-order valence-corrected chi connectivity index (χ2v) is 7.63. The fourth-order valence-electron chi connectivity index (χ4n) is 2.60. The molecule has 11 heteroatoms. The molecule has 2 aromatic carbocycles. The van der Waals surface area contributed by atoms with Crippen molar-refractivity contribution in [2.75, 3.05) is 29.4 Å². The zero-order valence-corrected chi connectivity index (χ0v) is 18.6. The Kier molecular flexibility index (Phi) is 7.45. The minimum atomic E-state index is -0.239. The molecule has 1 aromatic heterocycles. The first-order chi connectivity index (χ1) is 15.4. The van der Waals surface area contributed by atoms with Crippen LogP contribution in [0.1, 0.15) is 29.8 Å². The molecule has 0 radical (unpaired) electrons. The zero-order valence-electron chi connectivity index (χ0n) is 17.8. The zero-order chi connectivity index (χ0) is 23.1. The molecule has 1 amide bonds. The Morgan fingerprint density at radius 2 is 1.72 bits per heavy atom. The van der Waals surface area contributed by atoms with Crippen molar-refractivity contribution < 1.29 is 14.3 Å². The number of Topliss-reactive ketones (excluding diaryl/α,β-unsaturated/α-hetero) is 1. The molecule has 0 aliphatic carbocycles. The lowest BCUT2D eigenvalue weighted by atomic mass is 10.1. The Bertz CT molecular complexity index is 1130. The number of hydrogen-bond donors (Lipinski definition) is 3. The molecule has 0 fully saturated rings. The summed E-state index contributed by atoms with van der Waals surface area (Å²) in [6.45, 7) is 3.33. The van der Waals surface area contributed by atoms with Crippen molar-refractivity contribution in [2.24, 2.45) is 5.10 Å². The third kappa shape index (κ3) is 5.85. The van der Waals surface area contributed by atoms with Gasteiger partial charge in [-0.3, -0.25) is 9.59 Å². The van der Waals surface area contributed by atoms with Crippen molar-refractivity contribution in [3.63, 3.8) is 0 Å². The quantitative estimate of drug-likeness (QED) is 0.148. The maximum atomic E-state index is 12.2. The lowest BCUT2D eigenvalue weighted by molar-refractivity contribution is -0.113. The van der Waals surface area contributed by atoms with Crippen LogP contribution in [0.15, 0.2) is 58.8 Å². The van der Waals surface area contributed by atoms with Crippen LogP contribution in [0.2, 0.25) is 0 Å². The number of amides is 1. The Morgan fingerprint density at radius 3 is 2.34 bits per heavy atom. The van der Waals surface area contributed by atoms with Gasteiger partial charge in [0, 0.05) is 11.3 Å². The van der Waals surface area contributed by atoms with Gasteiger partial charge in [0.1, 0.15) is 5.75 Å². The van der Waals surface area contributed by atoms with Gasteiger partial charge in [0.25, 0.3) is 5.95 Å². The molecule has 0 aliphatic heterocycles. The molecule has 3 rings (SSSR count). The van der Waals surface area contributed by atoms with Crippen LogP contribution in [-0.4, -0.2) is 45.1 Å². The number of ether oxygens (including phenoxy) is 1. The molecule has 0 atom stereocenters. The van der Waals surface area contributed by atoms with Crippen molar-refractivity contribution in [3.05, 3.63) is 59.7 Å². The number of nitrogens with one attached hydrogen (secondary N) is 2. The van der Waals surface area contributed by atoms with Crippen molar-refractivity contribution in [3.8, 4) is 5.75 Å². The number of benzene rings is 2. The number of aromatic nitrogens is 3. The summed E-state index contributed by atoms with van der Waals surface area (Å²) in [7, 11) is 1.61. The number of rotatable bonds is 9. The predicted molar refractivity (Wildman–Crippen MR) is 125 cm³/mol. The van der Waals surface area contributed by atoms with Gasteiger partial charge in [-0.1, -0.05) is 11.8 Å². The highest BCUT2D eigenvalue weighted by Gasteiger charge is 2.12. The summed E-state index contributed by atoms with van der Waals surface area (Å²) in [5.74, 6) is 6.81. The summed E-state index contributed by atoms with van der Waals surface area (Å²) < 4.78 is 6.37. The second-order valence-electron chi connectivity index (χ2n) is 6.68. The van der Waals surface area contributed by atoms with Crippen molar-refractivity contribution in [1.29, 1.82) is 0 Å². The molecule has 32 heavy (non-hydrogen) atoms. The van der Waals surface area contributed by atoms with Crippen molar-refractivity contribution >= 4 is 40.8 Å². The van der Waals surface area contributed by atoms with Gasteiger partial charge in [-0.2, -0.15) is 5.10 Å². The minimum Gasteiger partial charge on any atom is -0.497 e. The number of hydrazone groups is 1. The Hall–Kier alpha value is -3.86. The van der Waals surface area contributed by atoms with Gasteiger partial charge >= 0.3 is 0 Å². The third-order valence-corrected chi connectivity index (χ3v) is 5.35. The van der Waals surface area contributed by atoms with E-state index < -0.39 is 0 Å². The molecule has 10 nitrogen and oxygen atoms in total. The number of nitrogens with two attached hydrogens (primary N) is 1. The van der Waals surface area contributed by atoms with Crippen LogP contribution in [0.3, 0.4) is 0 Å². The van der Waals surface area contributed by atoms with Gasteiger partial charge in [0.05, 0.1) is 18.6 Å². The lowest BCUT2D eigenvalue weighted by Crippen LogP contribution is -2.17. The highest BCUT2D eigenvalue weighted by molar-refractivity contribution is 7.99. The van der Waals surface area contributed by atoms with E-state index in [-0.39, 0.29) is 23.4 Å². The van der Waals surface area contributed by atoms with E-state index in [0.717, 1.165) is 28.8 Å². The topological polar surface area (TPSA) is 137 Å². The number of nitrogen functional groups attached to an aromatic ring is 1. The van der Waals surface area contributed by atoms with Gasteiger partial charge in [-0.25, -0.2) is 10.1 Å². The largest absolute Gasteiger partial charge is 0.497 e. The smallest absolute Gasteiger partial charge is 0.264 e. The highest BCUT2D eigenvalue weighted by Crippen LogP contribution is 2.18. The Morgan fingerprint density at radius 1 is 1.06 bits per heavy atom. The number of carbonyl (C=O) groups excluding carboxylic acids is 2. The van der Waals surface area contributed by atoms with Crippen LogP contribution in [0.25, 0.3) is 0 Å². The number of ketones is 1. The number of carbonyl (C=O) groups is 2. The first-order valence-corrected chi connectivity index (χ1v) is 10.5. The Labute approximate surface area is 189 Å². The molecule has 0 unspecified atom stereocenters. The third-order valence-electron chi connectivity index (χ3n) is 4.40. The number of nitrogens with zero attached hydrogens (tertiary/aromatic N) is 4. The molecule has 0 bridgehead atoms. The van der Waals surface area contributed by atoms with Gasteiger partial charge in [-0.15, -0.1) is 10.2 Å². The second kappa shape index (κ2) is 10.4. The van der Waals surface area contributed by atoms with E-state index in [1.807, 2.05) is 31.2 Å². The van der Waals surface area contributed by atoms with E-state index >= 15 is 0 Å². The fraction of sp³-hybridized carbons (Fsp3) is 0.190. The molecule has 0 spiro atoms. The van der Waals surface area contributed by atoms with Gasteiger partial charge in [0.15, 0.2) is 5.78 Å². The molecular formula is C21H23N7O3S. The van der Waals surface area contributed by atoms with Gasteiger partial charge in [0.2, 0.25) is 11.1 Å². The maximum Gasteiger partial charge on any atom is 0.264 e. The lowest BCUT2D eigenvalue weighted by Gasteiger charge is -2.06. The van der Waals surface area contributed by atoms with E-state index in [0.29, 0.717) is 16.4 Å². The van der Waals surface area contributed by atoms with E-state index in [1.165, 1.54) is 11.6 Å². The van der Waals surface area contributed by atoms with E-state index in [9.17, 15) is 9.59 Å². The average molecular weight is 454 g/mol. The minimum absolute atomic E-state index is 0.0337. The normalized spacial score (nSPS) is 11.2. The number of thioether (sulfide) groups is 1. The molecule has 0 saturated carbocycles. The molecule has 3 aromatic rings. The molecule has 0 aliphatic rings. The monoisotopic (exact) mass is 453 g/mol. The Balaban J connectivity index is 1.54. The highest BCUT2D eigenvalue weighted by atomic mass is 32.2. The average Bonchev–Trinajstić information content (AvgIpc) is 3.15. The predicted octanol–water partition coefficient (Wildman–Crippen LogP) is 2.77. The number of anilines is 2. The molecule has 1 heterocycles. The van der Waals surface area contributed by atoms with Crippen molar-refractivity contribution in [2.45, 2.75) is 19.0 Å². The SMILES string of the molecule is COc1ccc(/C(C)=N/Nc2nnc(SCC(=O)Nc3ccc(C(C)=O)cc3)n2N)cc1. The van der Waals surface area contributed by atoms with Crippen LogP contribution in [0.5, 0.6) is 5.75 Å². The summed E-state index contributed by atoms with van der Waals surface area (Å²) >= 11 is 1.13. The molecule has 4 N–H and O–H groups in total. The van der Waals surface area contributed by atoms with Crippen LogP contribution in [0.4, 0.5) is 11.6 Å². The summed E-state index contributed by atoms with van der Waals surface area (Å²) in [6.07, 6.45) is 0. The van der Waals surface area contributed by atoms with Gasteiger partial charge in [-0.05, 0) is 67.9 Å². The number of methoxy groups -OCH3 is 1. The van der Waals surface area contributed by atoms with Crippen LogP contribution in [0, 0.1) is 0 Å². The first-order valence-electron chi connectivity index (χ1n) is 9.56. The molecule has 0 saturated heterocycles. The van der Waals surface area contributed by atoms with Crippen LogP contribution >= 0.6 is 11.8 Å². The molecule has 166 valence electrons. The van der Waals surface area contributed by atoms with Gasteiger partial charge < -0.3 is 15.9 Å². The molecular weight excluding hydrogens is 430 g/mol. The standard InChI is InChI=1S/C21H23N7O3S/c1-13(15-6-10-18(31-3)11-7-15)24-25-20-26-27-21(28(20)22)32-12-19(30)23-17-8-4-16(5-9-17)14(2)29/h4-11H,12,22H2,1-3H3,(H,23,30)(H,25,26)/b24-13+. The first kappa shape index (κ1) is 22.8. The summed E-state index contributed by atoms with van der Waals surface area (Å²) in [4.78, 5) is 23.5. The summed E-state index contributed by atoms with van der Waals surface area (Å²) in [5, 5.41) is 15.3. The van der Waals surface area contributed by atoms with Crippen molar-refractivity contribution in [1.82, 2.24) is 14.9 Å². The van der Waals surface area contributed by atoms with Crippen LogP contribution in [-0.2, 0) is 4.79 Å². The summed E-state index contributed by atoms with van der Waals surface area (Å²) in [6, 6.07) is 14.1. The number of hydrogen-bond acceptors (Lipinski definition) is 9. The van der Waals surface area contributed by atoms with E-state index in [4.69, 9.17) is 10.6 Å². The fourth-order valence-corrected chi connectivity index (χ4v) is 3.25. The summed E-state index contributed by atoms with van der Waals surface area (Å²) in [5.41, 5.74) is 5.59.